The maximum absolute atomic E-state index is 6.00. The minimum atomic E-state index is 0.158. The molecule has 10 heteroatoms. The molecule has 148 valence electrons. The number of para-hydroxylation sites is 1. The first-order chi connectivity index (χ1) is 14.0. The Morgan fingerprint density at radius 3 is 1.90 bits per heavy atom. The molecule has 10 nitrogen and oxygen atoms in total. The quantitative estimate of drug-likeness (QED) is 0.516. The van der Waals surface area contributed by atoms with Crippen LogP contribution in [0.4, 0.5) is 29.5 Å². The van der Waals surface area contributed by atoms with E-state index in [-0.39, 0.29) is 29.7 Å². The van der Waals surface area contributed by atoms with Crippen LogP contribution in [-0.4, -0.2) is 29.9 Å². The number of nitrogens with one attached hydrogen (secondary N) is 1. The fourth-order valence-corrected chi connectivity index (χ4v) is 4.82. The summed E-state index contributed by atoms with van der Waals surface area (Å²) in [5, 5.41) is 3.20. The fourth-order valence-electron chi connectivity index (χ4n) is 4.82. The average Bonchev–Trinajstić information content (AvgIpc) is 3.29. The Bertz CT molecular complexity index is 1020. The Hall–Kier alpha value is -3.56. The number of hydrogen-bond acceptors (Lipinski definition) is 10. The van der Waals surface area contributed by atoms with E-state index in [0.29, 0.717) is 29.4 Å². The van der Waals surface area contributed by atoms with E-state index in [1.807, 2.05) is 30.3 Å². The lowest BCUT2D eigenvalue weighted by Crippen LogP contribution is -2.23. The van der Waals surface area contributed by atoms with Crippen molar-refractivity contribution in [2.75, 3.05) is 22.5 Å². The van der Waals surface area contributed by atoms with Gasteiger partial charge in [0.15, 0.2) is 0 Å². The number of nitrogens with zero attached hydrogens (tertiary/aromatic N) is 6. The second kappa shape index (κ2) is 6.80. The van der Waals surface area contributed by atoms with Crippen molar-refractivity contribution in [1.82, 2.24) is 29.9 Å². The van der Waals surface area contributed by atoms with Crippen molar-refractivity contribution < 1.29 is 0 Å². The maximum atomic E-state index is 6.00. The highest BCUT2D eigenvalue weighted by Crippen LogP contribution is 2.58. The van der Waals surface area contributed by atoms with E-state index in [9.17, 15) is 0 Å². The molecule has 2 fully saturated rings. The summed E-state index contributed by atoms with van der Waals surface area (Å²) in [5.41, 5.74) is 18.5. The minimum absolute atomic E-state index is 0.158. The van der Waals surface area contributed by atoms with E-state index >= 15 is 0 Å². The highest BCUT2D eigenvalue weighted by molar-refractivity contribution is 5.53. The molecule has 1 aromatic carbocycles. The molecule has 2 saturated carbocycles. The second-order valence-electron chi connectivity index (χ2n) is 7.73. The molecule has 0 amide bonds. The van der Waals surface area contributed by atoms with Gasteiger partial charge >= 0.3 is 0 Å². The van der Waals surface area contributed by atoms with Crippen LogP contribution in [0.1, 0.15) is 42.7 Å². The summed E-state index contributed by atoms with van der Waals surface area (Å²) in [5.74, 6) is 3.56. The van der Waals surface area contributed by atoms with Crippen LogP contribution in [0.2, 0.25) is 0 Å². The standard InChI is InChI=1S/C19H22N10/c20-16-24-14(25-17(21)28-16)12-7-9-6-11(12)13(8-9)15-26-18(22)29-19(27-15)23-10-4-2-1-3-5-10/h1-5,9,11-13H,6-8H2,(H4,20,21,24,25,28)(H3,22,23,26,27,29). The van der Waals surface area contributed by atoms with E-state index in [2.05, 4.69) is 35.2 Å². The molecule has 4 unspecified atom stereocenters. The van der Waals surface area contributed by atoms with Gasteiger partial charge in [-0.15, -0.1) is 0 Å². The maximum Gasteiger partial charge on any atom is 0.232 e. The third-order valence-corrected chi connectivity index (χ3v) is 5.86. The molecule has 2 aromatic heterocycles. The molecule has 2 bridgehead atoms. The first-order valence-corrected chi connectivity index (χ1v) is 9.65. The summed E-state index contributed by atoms with van der Waals surface area (Å²) in [7, 11) is 0. The molecule has 0 spiro atoms. The molecule has 0 aliphatic heterocycles. The van der Waals surface area contributed by atoms with Crippen molar-refractivity contribution in [1.29, 1.82) is 0 Å². The van der Waals surface area contributed by atoms with Crippen LogP contribution in [0.15, 0.2) is 30.3 Å². The van der Waals surface area contributed by atoms with E-state index < -0.39 is 0 Å². The third-order valence-electron chi connectivity index (χ3n) is 5.86. The first-order valence-electron chi connectivity index (χ1n) is 9.65. The Balaban J connectivity index is 1.44. The van der Waals surface area contributed by atoms with Gasteiger partial charge in [-0.2, -0.15) is 29.9 Å². The number of fused-ring (bicyclic) bond motifs is 2. The summed E-state index contributed by atoms with van der Waals surface area (Å²) in [6.07, 6.45) is 3.11. The molecule has 2 aliphatic rings. The predicted molar refractivity (Wildman–Crippen MR) is 109 cm³/mol. The van der Waals surface area contributed by atoms with Crippen LogP contribution in [0.5, 0.6) is 0 Å². The van der Waals surface area contributed by atoms with Gasteiger partial charge in [0.1, 0.15) is 11.6 Å². The van der Waals surface area contributed by atoms with Crippen molar-refractivity contribution in [3.05, 3.63) is 42.0 Å². The highest BCUT2D eigenvalue weighted by atomic mass is 15.2. The predicted octanol–water partition coefficient (Wildman–Crippen LogP) is 1.84. The largest absolute Gasteiger partial charge is 0.368 e. The SMILES string of the molecule is Nc1nc(N)nc(C2CC3CC(c4nc(N)nc(Nc5ccccc5)n4)C2C3)n1. The number of rotatable bonds is 4. The molecule has 7 N–H and O–H groups in total. The lowest BCUT2D eigenvalue weighted by molar-refractivity contribution is 0.347. The zero-order valence-electron chi connectivity index (χ0n) is 15.7. The molecule has 2 heterocycles. The number of benzene rings is 1. The fraction of sp³-hybridized carbons (Fsp3) is 0.368. The van der Waals surface area contributed by atoms with Crippen LogP contribution in [0.3, 0.4) is 0 Å². The Morgan fingerprint density at radius 1 is 0.690 bits per heavy atom. The van der Waals surface area contributed by atoms with Crippen LogP contribution < -0.4 is 22.5 Å². The van der Waals surface area contributed by atoms with Crippen molar-refractivity contribution in [3.63, 3.8) is 0 Å². The number of nitrogens with two attached hydrogens (primary N) is 3. The van der Waals surface area contributed by atoms with Gasteiger partial charge < -0.3 is 22.5 Å². The molecule has 29 heavy (non-hydrogen) atoms. The third kappa shape index (κ3) is 3.37. The van der Waals surface area contributed by atoms with Gasteiger partial charge in [-0.3, -0.25) is 0 Å². The van der Waals surface area contributed by atoms with E-state index in [4.69, 9.17) is 17.2 Å². The van der Waals surface area contributed by atoms with Crippen molar-refractivity contribution >= 4 is 29.5 Å². The second-order valence-corrected chi connectivity index (χ2v) is 7.73. The molecule has 5 rings (SSSR count). The van der Waals surface area contributed by atoms with Crippen LogP contribution in [0.25, 0.3) is 0 Å². The normalized spacial score (nSPS) is 25.2. The topological polar surface area (TPSA) is 167 Å². The zero-order chi connectivity index (χ0) is 20.0. The van der Waals surface area contributed by atoms with Gasteiger partial charge in [0.25, 0.3) is 0 Å². The smallest absolute Gasteiger partial charge is 0.232 e. The minimum Gasteiger partial charge on any atom is -0.368 e. The summed E-state index contributed by atoms with van der Waals surface area (Å²) in [6, 6.07) is 9.74. The molecule has 3 aromatic rings. The summed E-state index contributed by atoms with van der Waals surface area (Å²) in [6.45, 7) is 0. The number of anilines is 5. The number of aromatic nitrogens is 6. The Kier molecular flexibility index (Phi) is 4.11. The van der Waals surface area contributed by atoms with E-state index in [1.54, 1.807) is 0 Å². The van der Waals surface area contributed by atoms with Crippen LogP contribution >= 0.6 is 0 Å². The van der Waals surface area contributed by atoms with Crippen molar-refractivity contribution in [2.45, 2.75) is 31.1 Å². The zero-order valence-corrected chi connectivity index (χ0v) is 15.7. The number of hydrogen-bond donors (Lipinski definition) is 4. The van der Waals surface area contributed by atoms with Crippen LogP contribution in [0, 0.1) is 11.8 Å². The van der Waals surface area contributed by atoms with Gasteiger partial charge in [0, 0.05) is 17.5 Å². The molecule has 0 saturated heterocycles. The van der Waals surface area contributed by atoms with Crippen molar-refractivity contribution in [3.8, 4) is 0 Å². The van der Waals surface area contributed by atoms with E-state index in [1.165, 1.54) is 0 Å². The summed E-state index contributed by atoms with van der Waals surface area (Å²) >= 11 is 0. The van der Waals surface area contributed by atoms with Gasteiger partial charge in [0.05, 0.1) is 0 Å². The first kappa shape index (κ1) is 17.5. The summed E-state index contributed by atoms with van der Waals surface area (Å²) < 4.78 is 0. The molecular weight excluding hydrogens is 368 g/mol. The van der Waals surface area contributed by atoms with Crippen molar-refractivity contribution in [2.24, 2.45) is 11.8 Å². The Morgan fingerprint density at radius 2 is 1.28 bits per heavy atom. The average molecular weight is 390 g/mol. The molecule has 0 radical (unpaired) electrons. The molecule has 4 atom stereocenters. The Labute approximate surface area is 167 Å². The molecule has 2 aliphatic carbocycles. The van der Waals surface area contributed by atoms with E-state index in [0.717, 1.165) is 24.9 Å². The number of nitrogen functional groups attached to an aromatic ring is 3. The highest BCUT2D eigenvalue weighted by Gasteiger charge is 2.49. The van der Waals surface area contributed by atoms with Gasteiger partial charge in [-0.05, 0) is 43.2 Å². The summed E-state index contributed by atoms with van der Waals surface area (Å²) in [4.78, 5) is 25.9. The lowest BCUT2D eigenvalue weighted by Gasteiger charge is -2.27. The van der Waals surface area contributed by atoms with Gasteiger partial charge in [-0.1, -0.05) is 18.2 Å². The monoisotopic (exact) mass is 390 g/mol. The van der Waals surface area contributed by atoms with Gasteiger partial charge in [-0.25, -0.2) is 0 Å². The molecular formula is C19H22N10. The lowest BCUT2D eigenvalue weighted by atomic mass is 9.79. The van der Waals surface area contributed by atoms with Crippen LogP contribution in [-0.2, 0) is 0 Å². The van der Waals surface area contributed by atoms with Gasteiger partial charge in [0.2, 0.25) is 23.8 Å².